The van der Waals surface area contributed by atoms with Gasteiger partial charge in [-0.1, -0.05) is 24.6 Å². The summed E-state index contributed by atoms with van der Waals surface area (Å²) in [6.45, 7) is 4.06. The van der Waals surface area contributed by atoms with Gasteiger partial charge in [0.05, 0.1) is 6.10 Å². The zero-order chi connectivity index (χ0) is 19.6. The Morgan fingerprint density at radius 2 is 1.96 bits per heavy atom. The molecule has 2 saturated carbocycles. The molecular formula is C25H29FO2. The first kappa shape index (κ1) is 18.3. The number of aliphatic hydroxyl groups is 1. The van der Waals surface area contributed by atoms with E-state index in [4.69, 9.17) is 0 Å². The first-order chi connectivity index (χ1) is 13.4. The SMILES string of the molecule is Cc1ccc(C2CC3(C)C(O)CCC3C3CCC4=CC(=O)CCC4=C23)cc1F. The fourth-order valence-electron chi connectivity index (χ4n) is 6.76. The summed E-state index contributed by atoms with van der Waals surface area (Å²) in [4.78, 5) is 12.0. The Kier molecular flexibility index (Phi) is 4.17. The lowest BCUT2D eigenvalue weighted by atomic mass is 9.53. The number of carbonyl (C=O) groups excluding carboxylic acids is 1. The quantitative estimate of drug-likeness (QED) is 0.709. The molecule has 4 aliphatic rings. The van der Waals surface area contributed by atoms with Crippen molar-refractivity contribution in [2.75, 3.05) is 0 Å². The normalized spacial score (nSPS) is 37.3. The molecular weight excluding hydrogens is 351 g/mol. The van der Waals surface area contributed by atoms with E-state index in [0.29, 0.717) is 23.8 Å². The van der Waals surface area contributed by atoms with Crippen LogP contribution in [0, 0.1) is 30.0 Å². The summed E-state index contributed by atoms with van der Waals surface area (Å²) in [5, 5.41) is 10.9. The van der Waals surface area contributed by atoms with E-state index in [1.165, 1.54) is 16.7 Å². The van der Waals surface area contributed by atoms with Crippen LogP contribution in [-0.2, 0) is 4.79 Å². The van der Waals surface area contributed by atoms with Crippen molar-refractivity contribution in [3.63, 3.8) is 0 Å². The predicted molar refractivity (Wildman–Crippen MR) is 107 cm³/mol. The molecule has 0 amide bonds. The van der Waals surface area contributed by atoms with Gasteiger partial charge < -0.3 is 5.11 Å². The third-order valence-corrected chi connectivity index (χ3v) is 8.28. The number of benzene rings is 1. The average Bonchev–Trinajstić information content (AvgIpc) is 2.97. The number of carbonyl (C=O) groups is 1. The molecule has 5 atom stereocenters. The van der Waals surface area contributed by atoms with Gasteiger partial charge in [0.1, 0.15) is 5.82 Å². The maximum atomic E-state index is 14.5. The molecule has 3 heteroatoms. The summed E-state index contributed by atoms with van der Waals surface area (Å²) >= 11 is 0. The highest BCUT2D eigenvalue weighted by molar-refractivity contribution is 5.93. The van der Waals surface area contributed by atoms with Crippen molar-refractivity contribution in [2.24, 2.45) is 17.3 Å². The van der Waals surface area contributed by atoms with Crippen molar-refractivity contribution in [3.8, 4) is 0 Å². The third kappa shape index (κ3) is 2.58. The number of hydrogen-bond acceptors (Lipinski definition) is 2. The van der Waals surface area contributed by atoms with Crippen LogP contribution < -0.4 is 0 Å². The molecule has 0 heterocycles. The molecule has 148 valence electrons. The summed E-state index contributed by atoms with van der Waals surface area (Å²) in [6.07, 6.45) is 7.85. The molecule has 0 bridgehead atoms. The van der Waals surface area contributed by atoms with E-state index in [1.54, 1.807) is 13.0 Å². The van der Waals surface area contributed by atoms with Crippen LogP contribution in [0.2, 0.25) is 0 Å². The molecule has 28 heavy (non-hydrogen) atoms. The highest BCUT2D eigenvalue weighted by atomic mass is 19.1. The van der Waals surface area contributed by atoms with E-state index in [2.05, 4.69) is 13.0 Å². The minimum absolute atomic E-state index is 0.105. The van der Waals surface area contributed by atoms with Gasteiger partial charge in [-0.25, -0.2) is 4.39 Å². The molecule has 5 unspecified atom stereocenters. The standard InChI is InChI=1S/C25H29FO2/c1-14-3-4-16(12-22(14)26)20-13-25(2)21(9-10-23(25)28)19-7-5-15-11-17(27)6-8-18(15)24(19)20/h3-4,11-12,19-21,23,28H,5-10,13H2,1-2H3. The second-order valence-corrected chi connectivity index (χ2v) is 9.69. The lowest BCUT2D eigenvalue weighted by molar-refractivity contribution is -0.114. The minimum Gasteiger partial charge on any atom is -0.393 e. The monoisotopic (exact) mass is 380 g/mol. The summed E-state index contributed by atoms with van der Waals surface area (Å²) < 4.78 is 14.5. The molecule has 1 aromatic carbocycles. The lowest BCUT2D eigenvalue weighted by Crippen LogP contribution is -2.45. The van der Waals surface area contributed by atoms with E-state index in [1.807, 2.05) is 12.1 Å². The zero-order valence-electron chi connectivity index (χ0n) is 16.8. The molecule has 2 fully saturated rings. The second kappa shape index (κ2) is 6.38. The Hall–Kier alpha value is -1.74. The molecule has 1 aromatic rings. The third-order valence-electron chi connectivity index (χ3n) is 8.28. The van der Waals surface area contributed by atoms with E-state index in [-0.39, 0.29) is 29.0 Å². The van der Waals surface area contributed by atoms with Gasteiger partial charge in [0.15, 0.2) is 5.78 Å². The van der Waals surface area contributed by atoms with Gasteiger partial charge in [-0.3, -0.25) is 4.79 Å². The minimum atomic E-state index is -0.272. The molecule has 0 spiro atoms. The number of aliphatic hydroxyl groups excluding tert-OH is 1. The van der Waals surface area contributed by atoms with Crippen molar-refractivity contribution >= 4 is 5.78 Å². The van der Waals surface area contributed by atoms with Gasteiger partial charge in [0.2, 0.25) is 0 Å². The summed E-state index contributed by atoms with van der Waals surface area (Å²) in [5.41, 5.74) is 5.67. The van der Waals surface area contributed by atoms with Crippen molar-refractivity contribution in [2.45, 2.75) is 70.8 Å². The van der Waals surface area contributed by atoms with Crippen LogP contribution in [-0.4, -0.2) is 17.0 Å². The molecule has 0 aliphatic heterocycles. The van der Waals surface area contributed by atoms with Gasteiger partial charge >= 0.3 is 0 Å². The highest BCUT2D eigenvalue weighted by Gasteiger charge is 2.56. The van der Waals surface area contributed by atoms with Crippen LogP contribution in [0.25, 0.3) is 0 Å². The van der Waals surface area contributed by atoms with Gasteiger partial charge in [-0.05, 0) is 97.1 Å². The number of allylic oxidation sites excluding steroid dienone is 4. The highest BCUT2D eigenvalue weighted by Crippen LogP contribution is 2.63. The molecule has 0 radical (unpaired) electrons. The van der Waals surface area contributed by atoms with E-state index < -0.39 is 0 Å². The molecule has 0 aromatic heterocycles. The van der Waals surface area contributed by atoms with Crippen LogP contribution >= 0.6 is 0 Å². The summed E-state index contributed by atoms with van der Waals surface area (Å²) in [6, 6.07) is 5.67. The first-order valence-corrected chi connectivity index (χ1v) is 10.8. The van der Waals surface area contributed by atoms with Crippen LogP contribution in [0.5, 0.6) is 0 Å². The van der Waals surface area contributed by atoms with Crippen molar-refractivity contribution in [1.29, 1.82) is 0 Å². The number of ketones is 1. The van der Waals surface area contributed by atoms with Gasteiger partial charge in [0, 0.05) is 12.3 Å². The van der Waals surface area contributed by atoms with Crippen LogP contribution in [0.1, 0.15) is 68.9 Å². The second-order valence-electron chi connectivity index (χ2n) is 9.69. The number of fused-ring (bicyclic) bond motifs is 4. The van der Waals surface area contributed by atoms with E-state index >= 15 is 0 Å². The molecule has 5 rings (SSSR count). The number of rotatable bonds is 1. The lowest BCUT2D eigenvalue weighted by Gasteiger charge is -2.52. The summed E-state index contributed by atoms with van der Waals surface area (Å²) in [7, 11) is 0. The van der Waals surface area contributed by atoms with Crippen LogP contribution in [0.15, 0.2) is 41.0 Å². The average molecular weight is 381 g/mol. The Labute approximate surface area is 166 Å². The molecule has 0 saturated heterocycles. The van der Waals surface area contributed by atoms with Gasteiger partial charge in [0.25, 0.3) is 0 Å². The Morgan fingerprint density at radius 3 is 2.75 bits per heavy atom. The largest absolute Gasteiger partial charge is 0.393 e. The smallest absolute Gasteiger partial charge is 0.156 e. The van der Waals surface area contributed by atoms with E-state index in [9.17, 15) is 14.3 Å². The van der Waals surface area contributed by atoms with Crippen molar-refractivity contribution < 1.29 is 14.3 Å². The fourth-order valence-corrected chi connectivity index (χ4v) is 6.76. The van der Waals surface area contributed by atoms with Crippen molar-refractivity contribution in [3.05, 3.63) is 57.9 Å². The topological polar surface area (TPSA) is 37.3 Å². The Bertz CT molecular complexity index is 911. The molecule has 1 N–H and O–H groups in total. The zero-order valence-corrected chi connectivity index (χ0v) is 16.8. The van der Waals surface area contributed by atoms with Gasteiger partial charge in [-0.15, -0.1) is 0 Å². The number of halogens is 1. The molecule has 2 nitrogen and oxygen atoms in total. The van der Waals surface area contributed by atoms with E-state index in [0.717, 1.165) is 44.1 Å². The summed E-state index contributed by atoms with van der Waals surface area (Å²) in [5.74, 6) is 1.18. The maximum Gasteiger partial charge on any atom is 0.156 e. The number of aryl methyl sites for hydroxylation is 1. The van der Waals surface area contributed by atoms with Crippen LogP contribution in [0.4, 0.5) is 4.39 Å². The molecule has 4 aliphatic carbocycles. The van der Waals surface area contributed by atoms with Crippen molar-refractivity contribution in [1.82, 2.24) is 0 Å². The van der Waals surface area contributed by atoms with Gasteiger partial charge in [-0.2, -0.15) is 0 Å². The Balaban J connectivity index is 1.69. The maximum absolute atomic E-state index is 14.5. The Morgan fingerprint density at radius 1 is 1.14 bits per heavy atom. The van der Waals surface area contributed by atoms with Crippen LogP contribution in [0.3, 0.4) is 0 Å². The number of hydrogen-bond donors (Lipinski definition) is 1. The first-order valence-electron chi connectivity index (χ1n) is 10.8. The fraction of sp³-hybridized carbons (Fsp3) is 0.560. The predicted octanol–water partition coefficient (Wildman–Crippen LogP) is 5.39.